The highest BCUT2D eigenvalue weighted by Crippen LogP contribution is 2.41. The van der Waals surface area contributed by atoms with Gasteiger partial charge in [-0.1, -0.05) is 169 Å². The number of aliphatic imine (C=N–C) groups is 2. The van der Waals surface area contributed by atoms with Crippen molar-refractivity contribution in [3.63, 3.8) is 0 Å². The molecule has 12 aromatic carbocycles. The summed E-state index contributed by atoms with van der Waals surface area (Å²) in [6.45, 7) is 7.26. The molecule has 714 valence electrons. The number of rotatable bonds is 14. The van der Waals surface area contributed by atoms with Gasteiger partial charge in [0.05, 0.1) is 104 Å². The number of aryl methyl sites for hydroxylation is 7. The minimum Gasteiger partial charge on any atom is -0.288 e. The van der Waals surface area contributed by atoms with Gasteiger partial charge in [0.2, 0.25) is 20.0 Å². The molecule has 0 amide bonds. The Bertz CT molecular complexity index is 8860. The van der Waals surface area contributed by atoms with Crippen molar-refractivity contribution >= 4 is 76.1 Å². The lowest BCUT2D eigenvalue weighted by molar-refractivity contribution is 0.509. The highest BCUT2D eigenvalue weighted by Gasteiger charge is 2.23. The third kappa shape index (κ3) is 21.2. The van der Waals surface area contributed by atoms with Crippen molar-refractivity contribution in [3.8, 4) is 134 Å². The number of fused-ring (bicyclic) bond motifs is 6. The van der Waals surface area contributed by atoms with Crippen LogP contribution in [-0.2, 0) is 61.3 Å². The van der Waals surface area contributed by atoms with E-state index in [1.807, 2.05) is 208 Å². The van der Waals surface area contributed by atoms with Crippen molar-refractivity contribution in [2.45, 2.75) is 43.7 Å². The zero-order chi connectivity index (χ0) is 101. The Morgan fingerprint density at radius 3 is 0.979 bits per heavy atom. The van der Waals surface area contributed by atoms with Crippen LogP contribution in [0.2, 0.25) is 0 Å². The first-order chi connectivity index (χ1) is 70.2. The molecular weight excluding hydrogens is 1860 g/mol. The van der Waals surface area contributed by atoms with Gasteiger partial charge in [0.25, 0.3) is 0 Å². The maximum absolute atomic E-state index is 14.4. The molecule has 0 aliphatic carbocycles. The van der Waals surface area contributed by atoms with E-state index in [0.717, 1.165) is 173 Å². The Labute approximate surface area is 834 Å². The van der Waals surface area contributed by atoms with Gasteiger partial charge in [0.1, 0.15) is 11.6 Å². The first-order valence-corrected chi connectivity index (χ1v) is 49.2. The summed E-state index contributed by atoms with van der Waals surface area (Å²) >= 11 is 0. The molecule has 10 aromatic heterocycles. The zero-order valence-corrected chi connectivity index (χ0v) is 81.2. The van der Waals surface area contributed by atoms with Gasteiger partial charge in [0, 0.05) is 166 Å². The molecule has 12 heterocycles. The second-order valence-corrected chi connectivity index (χ2v) is 38.0. The summed E-state index contributed by atoms with van der Waals surface area (Å²) in [7, 11) is 0.223. The molecule has 0 atom stereocenters. The second kappa shape index (κ2) is 41.6. The van der Waals surface area contributed by atoms with Gasteiger partial charge < -0.3 is 0 Å². The number of benzene rings is 12. The summed E-state index contributed by atoms with van der Waals surface area (Å²) in [6, 6.07) is 96.1. The number of aromatic nitrogens is 14. The topological polar surface area (TPSA) is 294 Å². The van der Waals surface area contributed by atoms with Crippen molar-refractivity contribution in [1.82, 2.24) is 69.0 Å². The summed E-state index contributed by atoms with van der Waals surface area (Å²) in [5, 5.41) is 31.9. The molecule has 24 rings (SSSR count). The number of sulfonamides is 2. The molecule has 28 heteroatoms. The van der Waals surface area contributed by atoms with Crippen LogP contribution in [0.1, 0.15) is 38.9 Å². The smallest absolute Gasteiger partial charge is 0.238 e. The molecular formula is C117H92F4N18O4S2. The third-order valence-electron chi connectivity index (χ3n) is 25.2. The van der Waals surface area contributed by atoms with E-state index in [4.69, 9.17) is 10.3 Å². The fourth-order valence-electron chi connectivity index (χ4n) is 17.7. The van der Waals surface area contributed by atoms with E-state index in [0.29, 0.717) is 45.9 Å². The van der Waals surface area contributed by atoms with E-state index in [9.17, 15) is 34.4 Å². The molecule has 0 unspecified atom stereocenters. The van der Waals surface area contributed by atoms with Crippen molar-refractivity contribution in [2.24, 2.45) is 48.5 Å². The van der Waals surface area contributed by atoms with E-state index in [1.54, 1.807) is 85.2 Å². The number of primary sulfonamides is 2. The lowest BCUT2D eigenvalue weighted by Gasteiger charge is -2.11. The van der Waals surface area contributed by atoms with Gasteiger partial charge in [0.15, 0.2) is 11.6 Å². The Morgan fingerprint density at radius 2 is 0.586 bits per heavy atom. The van der Waals surface area contributed by atoms with E-state index < -0.39 is 31.7 Å². The van der Waals surface area contributed by atoms with Crippen LogP contribution in [-0.4, -0.2) is 98.3 Å². The maximum Gasteiger partial charge on any atom is 0.238 e. The van der Waals surface area contributed by atoms with E-state index >= 15 is 0 Å². The van der Waals surface area contributed by atoms with Crippen LogP contribution in [0.5, 0.6) is 0 Å². The van der Waals surface area contributed by atoms with E-state index in [1.165, 1.54) is 59.2 Å². The van der Waals surface area contributed by atoms with E-state index in [2.05, 4.69) is 170 Å². The van der Waals surface area contributed by atoms with Crippen molar-refractivity contribution in [1.29, 1.82) is 0 Å². The van der Waals surface area contributed by atoms with Gasteiger partial charge in [-0.15, -0.1) is 0 Å². The average Bonchev–Trinajstić information content (AvgIpc) is 1.80. The molecule has 22 nitrogen and oxygen atoms in total. The molecule has 0 saturated heterocycles. The van der Waals surface area contributed by atoms with Gasteiger partial charge in [-0.25, -0.2) is 44.7 Å². The Hall–Kier alpha value is -17.7. The minimum absolute atomic E-state index is 0.0719. The van der Waals surface area contributed by atoms with Crippen LogP contribution < -0.4 is 10.3 Å². The summed E-state index contributed by atoms with van der Waals surface area (Å²) in [5.74, 6) is -2.21. The number of nitrogens with zero attached hydrogens (tertiary/aromatic N) is 16. The minimum atomic E-state index is -3.76. The molecule has 0 fully saturated rings. The van der Waals surface area contributed by atoms with Crippen LogP contribution in [0.25, 0.3) is 178 Å². The number of halogens is 4. The number of hydrogen-bond acceptors (Lipinski definition) is 16. The predicted molar refractivity (Wildman–Crippen MR) is 567 cm³/mol. The molecule has 22 aromatic rings. The standard InChI is InChI=1S/2C20H16FN3.C20H17N3.C19H13F2N3.2C19H15N3O2S/c1-13-5-8-18(21)17(10-13)20-16(4-3-9-22-20)14-6-7-15-12-23-24(2)19(15)11-14;1-13-10-15(7-8-18(13)21)20-17(4-3-9-22-20)14-5-6-16-12-23-24(2)19(16)11-14;1-14-5-3-6-16(11-14)20-18(7-4-10-21-20)15-8-9-17-13-22-23(2)19(17)12-15;1-24-18-10-12(4-5-14(18)11-23-24)15-3-2-8-22-19(15)13-6-7-16(20)17(21)9-13;20-25(23,24)17-4-1-3-14(10-17)19-18(5-2-8-22-19)13-6-7-15-11-21-12-16(15)9-13;20-25(23,24)17-7-5-13(6-8-17)19-18(2-1-9-22-19)14-3-4-15-11-21-12-16(15)10-14/h2*3-12H,1-2H3;3-13H,1-2H3;2-11H,1H3;2*1-10,12H,11H2,(H2,20,23,24). The Kier molecular flexibility index (Phi) is 27.6. The molecule has 2 aliphatic heterocycles. The summed E-state index contributed by atoms with van der Waals surface area (Å²) < 4.78 is 108. The van der Waals surface area contributed by atoms with Gasteiger partial charge in [-0.2, -0.15) is 20.4 Å². The molecule has 0 radical (unpaired) electrons. The van der Waals surface area contributed by atoms with Gasteiger partial charge in [-0.3, -0.25) is 58.6 Å². The SMILES string of the molecule is Cc1cc(-c2ncccc2-c2ccc3cnn(C)c3c2)ccc1F.Cc1ccc(F)c(-c2ncccc2-c2ccc3cnn(C)c3c2)c1.Cc1cccc(-c2ncccc2-c2ccc3cnn(C)c3c2)c1.Cn1ncc2ccc(-c3cccnc3-c3ccc(F)c(F)c3)cc21.NS(=O)(=O)c1ccc(-c2ncccc2-c2ccc3c(c2)C=NC3)cc1.NS(=O)(=O)c1cccc(-c2ncccc2-c2ccc3c(c2)C=NC3)c1. The van der Waals surface area contributed by atoms with Crippen LogP contribution >= 0.6 is 0 Å². The van der Waals surface area contributed by atoms with Gasteiger partial charge >= 0.3 is 0 Å². The van der Waals surface area contributed by atoms with Crippen molar-refractivity contribution < 1.29 is 34.4 Å². The van der Waals surface area contributed by atoms with Gasteiger partial charge in [-0.05, 0) is 234 Å². The Balaban J connectivity index is 0.000000110. The molecule has 0 spiro atoms. The highest BCUT2D eigenvalue weighted by atomic mass is 32.2. The number of nitrogens with two attached hydrogens (primary N) is 2. The molecule has 0 saturated carbocycles. The number of pyridine rings is 6. The monoisotopic (exact) mass is 1950 g/mol. The van der Waals surface area contributed by atoms with Crippen LogP contribution in [0.4, 0.5) is 17.6 Å². The summed E-state index contributed by atoms with van der Waals surface area (Å²) in [4.78, 5) is 35.7. The van der Waals surface area contributed by atoms with Crippen LogP contribution in [0.3, 0.4) is 0 Å². The number of hydrogen-bond donors (Lipinski definition) is 2. The normalized spacial score (nSPS) is 11.8. The second-order valence-electron chi connectivity index (χ2n) is 34.9. The third-order valence-corrected chi connectivity index (χ3v) is 27.0. The highest BCUT2D eigenvalue weighted by molar-refractivity contribution is 7.89. The fourth-order valence-corrected chi connectivity index (χ4v) is 18.7. The average molecular weight is 1950 g/mol. The maximum atomic E-state index is 14.4. The zero-order valence-electron chi connectivity index (χ0n) is 79.6. The predicted octanol–water partition coefficient (Wildman–Crippen LogP) is 24.7. The van der Waals surface area contributed by atoms with Crippen molar-refractivity contribution in [2.75, 3.05) is 0 Å². The lowest BCUT2D eigenvalue weighted by atomic mass is 9.96. The van der Waals surface area contributed by atoms with Crippen LogP contribution in [0, 0.1) is 44.0 Å². The summed E-state index contributed by atoms with van der Waals surface area (Å²) in [5.41, 5.74) is 33.0. The lowest BCUT2D eigenvalue weighted by Crippen LogP contribution is -2.12. The quantitative estimate of drug-likeness (QED) is 0.0957. The van der Waals surface area contributed by atoms with Crippen molar-refractivity contribution in [3.05, 3.63) is 434 Å². The largest absolute Gasteiger partial charge is 0.288 e. The fraction of sp³-hybridized carbons (Fsp3) is 0.0769. The molecule has 2 aliphatic rings. The molecule has 0 bridgehead atoms. The molecule has 4 N–H and O–H groups in total. The van der Waals surface area contributed by atoms with Crippen LogP contribution in [0.15, 0.2) is 391 Å². The molecule has 145 heavy (non-hydrogen) atoms. The first kappa shape index (κ1) is 96.2. The van der Waals surface area contributed by atoms with E-state index in [-0.39, 0.29) is 21.4 Å². The summed E-state index contributed by atoms with van der Waals surface area (Å²) in [6.07, 6.45) is 21.5. The Morgan fingerprint density at radius 1 is 0.262 bits per heavy atom. The first-order valence-electron chi connectivity index (χ1n) is 46.1.